The van der Waals surface area contributed by atoms with Crippen molar-refractivity contribution >= 4 is 21.4 Å². The molecule has 20 heavy (non-hydrogen) atoms. The molecule has 0 aromatic carbocycles. The summed E-state index contributed by atoms with van der Waals surface area (Å²) in [4.78, 5) is 1.04. The molecule has 0 atom stereocenters. The molecule has 0 fully saturated rings. The average molecular weight is 319 g/mol. The molecule has 0 amide bonds. The maximum Gasteiger partial charge on any atom is 0.250 e. The first-order valence-corrected chi connectivity index (χ1v) is 9.50. The lowest BCUT2D eigenvalue weighted by atomic mass is 10.0. The Morgan fingerprint density at radius 3 is 2.40 bits per heavy atom. The zero-order valence-corrected chi connectivity index (χ0v) is 14.4. The van der Waals surface area contributed by atoms with Gasteiger partial charge < -0.3 is 5.32 Å². The fraction of sp³-hybridized carbons (Fsp3) is 0.714. The summed E-state index contributed by atoms with van der Waals surface area (Å²) in [5.41, 5.74) is 0. The minimum atomic E-state index is -3.35. The minimum Gasteiger partial charge on any atom is -0.310 e. The summed E-state index contributed by atoms with van der Waals surface area (Å²) in [6, 6.07) is 3.97. The first kappa shape index (κ1) is 17.6. The van der Waals surface area contributed by atoms with Crippen molar-refractivity contribution in [2.75, 3.05) is 6.54 Å². The summed E-state index contributed by atoms with van der Waals surface area (Å²) in [6.45, 7) is 9.55. The summed E-state index contributed by atoms with van der Waals surface area (Å²) in [5, 5.41) is 3.29. The third-order valence-corrected chi connectivity index (χ3v) is 6.30. The quantitative estimate of drug-likeness (QED) is 0.736. The van der Waals surface area contributed by atoms with E-state index in [0.29, 0.717) is 29.3 Å². The van der Waals surface area contributed by atoms with Crippen molar-refractivity contribution in [2.24, 2.45) is 5.92 Å². The highest BCUT2D eigenvalue weighted by atomic mass is 32.2. The van der Waals surface area contributed by atoms with Gasteiger partial charge in [0, 0.05) is 24.0 Å². The van der Waals surface area contributed by atoms with Gasteiger partial charge in [0.25, 0.3) is 0 Å². The molecule has 0 saturated carbocycles. The third-order valence-electron chi connectivity index (χ3n) is 3.30. The van der Waals surface area contributed by atoms with Gasteiger partial charge in [0.15, 0.2) is 0 Å². The molecular weight excluding hydrogens is 292 g/mol. The van der Waals surface area contributed by atoms with Gasteiger partial charge in [0.1, 0.15) is 4.21 Å². The van der Waals surface area contributed by atoms with Crippen molar-refractivity contribution in [1.82, 2.24) is 10.0 Å². The van der Waals surface area contributed by atoms with Crippen molar-refractivity contribution in [3.63, 3.8) is 0 Å². The van der Waals surface area contributed by atoms with Crippen LogP contribution in [-0.2, 0) is 16.6 Å². The first-order valence-electron chi connectivity index (χ1n) is 7.20. The Balaban J connectivity index is 2.63. The number of hydrogen-bond donors (Lipinski definition) is 2. The fourth-order valence-electron chi connectivity index (χ4n) is 1.78. The first-order chi connectivity index (χ1) is 9.39. The maximum atomic E-state index is 12.2. The fourth-order valence-corrected chi connectivity index (χ4v) is 4.25. The average Bonchev–Trinajstić information content (AvgIpc) is 2.87. The van der Waals surface area contributed by atoms with E-state index in [-0.39, 0.29) is 0 Å². The van der Waals surface area contributed by atoms with Gasteiger partial charge in [-0.15, -0.1) is 11.3 Å². The molecule has 116 valence electrons. The molecule has 0 aliphatic carbocycles. The largest absolute Gasteiger partial charge is 0.310 e. The van der Waals surface area contributed by atoms with Gasteiger partial charge in [-0.1, -0.05) is 40.5 Å². The van der Waals surface area contributed by atoms with Crippen molar-refractivity contribution in [3.8, 4) is 0 Å². The molecule has 1 aromatic rings. The Morgan fingerprint density at radius 2 is 1.85 bits per heavy atom. The van der Waals surface area contributed by atoms with E-state index in [0.717, 1.165) is 17.7 Å². The predicted molar refractivity (Wildman–Crippen MR) is 85.6 cm³/mol. The molecule has 1 aromatic heterocycles. The van der Waals surface area contributed by atoms with Gasteiger partial charge in [-0.3, -0.25) is 0 Å². The van der Waals surface area contributed by atoms with Gasteiger partial charge in [-0.05, 0) is 18.1 Å². The smallest absolute Gasteiger partial charge is 0.250 e. The van der Waals surface area contributed by atoms with Crippen LogP contribution in [0, 0.1) is 5.92 Å². The van der Waals surface area contributed by atoms with Crippen LogP contribution in [0.1, 0.15) is 45.4 Å². The van der Waals surface area contributed by atoms with Gasteiger partial charge in [-0.25, -0.2) is 13.1 Å². The van der Waals surface area contributed by atoms with E-state index in [1.165, 1.54) is 11.3 Å². The second kappa shape index (κ2) is 8.12. The standard InChI is InChI=1S/C14H26N2O2S2/c1-5-12(6-2)9-16-20(17,18)14-8-7-13(19-14)10-15-11(3)4/h7-8,11-12,15-16H,5-6,9-10H2,1-4H3. The topological polar surface area (TPSA) is 58.2 Å². The lowest BCUT2D eigenvalue weighted by Gasteiger charge is -2.12. The Kier molecular flexibility index (Phi) is 7.15. The van der Waals surface area contributed by atoms with E-state index in [1.54, 1.807) is 6.07 Å². The summed E-state index contributed by atoms with van der Waals surface area (Å²) in [6.07, 6.45) is 1.99. The van der Waals surface area contributed by atoms with Gasteiger partial charge in [0.05, 0.1) is 0 Å². The predicted octanol–water partition coefficient (Wildman–Crippen LogP) is 2.96. The molecule has 4 nitrogen and oxygen atoms in total. The van der Waals surface area contributed by atoms with Crippen molar-refractivity contribution < 1.29 is 8.42 Å². The van der Waals surface area contributed by atoms with Crippen LogP contribution in [0.5, 0.6) is 0 Å². The minimum absolute atomic E-state index is 0.394. The molecule has 0 aliphatic heterocycles. The third kappa shape index (κ3) is 5.52. The molecule has 0 aliphatic rings. The summed E-state index contributed by atoms with van der Waals surface area (Å²) in [5.74, 6) is 0.409. The highest BCUT2D eigenvalue weighted by molar-refractivity contribution is 7.91. The molecule has 1 rings (SSSR count). The van der Waals surface area contributed by atoms with E-state index >= 15 is 0 Å². The van der Waals surface area contributed by atoms with Crippen molar-refractivity contribution in [1.29, 1.82) is 0 Å². The maximum absolute atomic E-state index is 12.2. The van der Waals surface area contributed by atoms with Crippen molar-refractivity contribution in [2.45, 2.75) is 57.3 Å². The Morgan fingerprint density at radius 1 is 1.20 bits per heavy atom. The Bertz CT molecular complexity index is 491. The Labute approximate surface area is 127 Å². The summed E-state index contributed by atoms with van der Waals surface area (Å²) < 4.78 is 27.5. The molecule has 0 saturated heterocycles. The van der Waals surface area contributed by atoms with E-state index in [9.17, 15) is 8.42 Å². The van der Waals surface area contributed by atoms with Gasteiger partial charge >= 0.3 is 0 Å². The van der Waals surface area contributed by atoms with Crippen LogP contribution in [0.15, 0.2) is 16.3 Å². The lowest BCUT2D eigenvalue weighted by molar-refractivity contribution is 0.479. The van der Waals surface area contributed by atoms with Crippen LogP contribution in [0.25, 0.3) is 0 Å². The molecule has 6 heteroatoms. The van der Waals surface area contributed by atoms with Crippen molar-refractivity contribution in [3.05, 3.63) is 17.0 Å². The normalized spacial score (nSPS) is 12.5. The van der Waals surface area contributed by atoms with Crippen LogP contribution in [0.2, 0.25) is 0 Å². The van der Waals surface area contributed by atoms with Gasteiger partial charge in [-0.2, -0.15) is 0 Å². The molecule has 1 heterocycles. The number of nitrogens with one attached hydrogen (secondary N) is 2. The molecule has 0 radical (unpaired) electrons. The highest BCUT2D eigenvalue weighted by Crippen LogP contribution is 2.21. The number of rotatable bonds is 9. The van der Waals surface area contributed by atoms with Crippen LogP contribution < -0.4 is 10.0 Å². The van der Waals surface area contributed by atoms with E-state index < -0.39 is 10.0 Å². The monoisotopic (exact) mass is 318 g/mol. The van der Waals surface area contributed by atoms with E-state index in [4.69, 9.17) is 0 Å². The zero-order valence-electron chi connectivity index (χ0n) is 12.8. The molecule has 0 unspecified atom stereocenters. The van der Waals surface area contributed by atoms with Crippen LogP contribution >= 0.6 is 11.3 Å². The number of hydrogen-bond acceptors (Lipinski definition) is 4. The molecular formula is C14H26N2O2S2. The molecule has 2 N–H and O–H groups in total. The van der Waals surface area contributed by atoms with Crippen LogP contribution in [-0.4, -0.2) is 21.0 Å². The van der Waals surface area contributed by atoms with Gasteiger partial charge in [0.2, 0.25) is 10.0 Å². The molecule has 0 bridgehead atoms. The SMILES string of the molecule is CCC(CC)CNS(=O)(=O)c1ccc(CNC(C)C)s1. The highest BCUT2D eigenvalue weighted by Gasteiger charge is 2.18. The van der Waals surface area contributed by atoms with Crippen LogP contribution in [0.4, 0.5) is 0 Å². The van der Waals surface area contributed by atoms with Crippen LogP contribution in [0.3, 0.4) is 0 Å². The van der Waals surface area contributed by atoms with E-state index in [1.807, 2.05) is 6.07 Å². The zero-order chi connectivity index (χ0) is 15.2. The lowest BCUT2D eigenvalue weighted by Crippen LogP contribution is -2.28. The molecule has 0 spiro atoms. The van der Waals surface area contributed by atoms with E-state index in [2.05, 4.69) is 37.7 Å². The summed E-state index contributed by atoms with van der Waals surface area (Å²) >= 11 is 1.34. The second-order valence-electron chi connectivity index (χ2n) is 5.29. The Hall–Kier alpha value is -0.430. The number of sulfonamides is 1. The summed E-state index contributed by atoms with van der Waals surface area (Å²) in [7, 11) is -3.35. The number of thiophene rings is 1. The second-order valence-corrected chi connectivity index (χ2v) is 8.45.